The molecule has 1 unspecified atom stereocenters. The molecule has 26 heavy (non-hydrogen) atoms. The van der Waals surface area contributed by atoms with Crippen LogP contribution in [0.2, 0.25) is 5.02 Å². The molecule has 0 radical (unpaired) electrons. The van der Waals surface area contributed by atoms with Crippen molar-refractivity contribution in [1.82, 2.24) is 5.32 Å². The van der Waals surface area contributed by atoms with Gasteiger partial charge in [-0.25, -0.2) is 8.42 Å². The number of rotatable bonds is 1. The third-order valence-corrected chi connectivity index (χ3v) is 8.16. The van der Waals surface area contributed by atoms with E-state index >= 15 is 0 Å². The summed E-state index contributed by atoms with van der Waals surface area (Å²) in [5.41, 5.74) is 1.91. The Bertz CT molecular complexity index is 1000. The van der Waals surface area contributed by atoms with E-state index in [0.29, 0.717) is 21.9 Å². The summed E-state index contributed by atoms with van der Waals surface area (Å²) in [7, 11) is -3.68. The molecule has 1 aliphatic carbocycles. The number of sulfone groups is 1. The number of benzene rings is 1. The predicted octanol–water partition coefficient (Wildman–Crippen LogP) is 3.75. The lowest BCUT2D eigenvalue weighted by molar-refractivity contribution is -0.124. The number of ketones is 1. The van der Waals surface area contributed by atoms with Crippen molar-refractivity contribution in [1.29, 1.82) is 0 Å². The molecule has 2 aliphatic heterocycles. The zero-order chi connectivity index (χ0) is 18.9. The Kier molecular flexibility index (Phi) is 3.80. The molecule has 0 saturated carbocycles. The summed E-state index contributed by atoms with van der Waals surface area (Å²) in [6, 6.07) is 4.43. The first-order valence-corrected chi connectivity index (χ1v) is 10.5. The highest BCUT2D eigenvalue weighted by Crippen LogP contribution is 2.50. The van der Waals surface area contributed by atoms with Gasteiger partial charge in [0, 0.05) is 45.8 Å². The summed E-state index contributed by atoms with van der Waals surface area (Å²) in [4.78, 5) is 13.0. The van der Waals surface area contributed by atoms with E-state index in [1.54, 1.807) is 0 Å². The van der Waals surface area contributed by atoms with Crippen molar-refractivity contribution >= 4 is 27.2 Å². The van der Waals surface area contributed by atoms with E-state index in [2.05, 4.69) is 5.32 Å². The number of carbonyl (C=O) groups is 1. The van der Waals surface area contributed by atoms with Gasteiger partial charge in [0.15, 0.2) is 15.6 Å². The molecule has 0 spiro atoms. The molecule has 0 bridgehead atoms. The highest BCUT2D eigenvalue weighted by atomic mass is 35.5. The molecule has 0 saturated heterocycles. The fourth-order valence-corrected chi connectivity index (χ4v) is 6.31. The van der Waals surface area contributed by atoms with Crippen LogP contribution in [0.15, 0.2) is 40.1 Å². The second-order valence-corrected chi connectivity index (χ2v) is 10.4. The lowest BCUT2D eigenvalue weighted by Crippen LogP contribution is -2.36. The number of aromatic hydroxyl groups is 1. The Labute approximate surface area is 157 Å². The molecule has 3 aliphatic rings. The first-order valence-electron chi connectivity index (χ1n) is 8.59. The number of carbonyl (C=O) groups excluding carboxylic acids is 1. The molecule has 0 amide bonds. The van der Waals surface area contributed by atoms with E-state index in [9.17, 15) is 18.3 Å². The third-order valence-electron chi connectivity index (χ3n) is 5.67. The summed E-state index contributed by atoms with van der Waals surface area (Å²) >= 11 is 6.00. The average molecular weight is 394 g/mol. The molecule has 1 aromatic rings. The monoisotopic (exact) mass is 393 g/mol. The quantitative estimate of drug-likeness (QED) is 0.759. The fourth-order valence-electron chi connectivity index (χ4n) is 4.06. The number of dihydropyridines is 1. The summed E-state index contributed by atoms with van der Waals surface area (Å²) < 4.78 is 26.3. The summed E-state index contributed by atoms with van der Waals surface area (Å²) in [6.07, 6.45) is 1.86. The van der Waals surface area contributed by atoms with Gasteiger partial charge in [-0.05, 0) is 31.0 Å². The molecule has 0 aromatic heterocycles. The molecule has 138 valence electrons. The Morgan fingerprint density at radius 3 is 2.73 bits per heavy atom. The van der Waals surface area contributed by atoms with Gasteiger partial charge in [-0.2, -0.15) is 0 Å². The molecule has 2 heterocycles. The van der Waals surface area contributed by atoms with Crippen LogP contribution in [0.25, 0.3) is 0 Å². The first-order chi connectivity index (χ1) is 12.1. The van der Waals surface area contributed by atoms with E-state index in [4.69, 9.17) is 11.6 Å². The van der Waals surface area contributed by atoms with Crippen molar-refractivity contribution in [3.05, 3.63) is 50.7 Å². The van der Waals surface area contributed by atoms with Crippen molar-refractivity contribution in [3.63, 3.8) is 0 Å². The molecular formula is C19H20ClNO4S. The maximum absolute atomic E-state index is 13.1. The minimum absolute atomic E-state index is 0.0158. The summed E-state index contributed by atoms with van der Waals surface area (Å²) in [5, 5.41) is 12.9. The Morgan fingerprint density at radius 2 is 2.00 bits per heavy atom. The second kappa shape index (κ2) is 5.60. The standard InChI is InChI=1S/C19H20ClNO4S/c1-19(2)6-5-13-11(18(19)23)8-17-14(21-13)9-16(26(17,24)25)12-7-10(20)3-4-15(12)22/h3-4,7,16,21-22H,5-6,8-9H2,1-2H3. The maximum Gasteiger partial charge on any atom is 0.184 e. The van der Waals surface area contributed by atoms with Gasteiger partial charge in [-0.15, -0.1) is 0 Å². The lowest BCUT2D eigenvalue weighted by Gasteiger charge is -2.34. The maximum atomic E-state index is 13.1. The van der Waals surface area contributed by atoms with Crippen molar-refractivity contribution in [2.45, 2.75) is 44.8 Å². The lowest BCUT2D eigenvalue weighted by atomic mass is 9.73. The number of hydrogen-bond donors (Lipinski definition) is 2. The Balaban J connectivity index is 1.72. The van der Waals surface area contributed by atoms with Gasteiger partial charge in [0.05, 0.1) is 10.2 Å². The highest BCUT2D eigenvalue weighted by Gasteiger charge is 2.47. The van der Waals surface area contributed by atoms with E-state index < -0.39 is 20.5 Å². The Morgan fingerprint density at radius 1 is 1.27 bits per heavy atom. The first kappa shape index (κ1) is 17.6. The smallest absolute Gasteiger partial charge is 0.184 e. The van der Waals surface area contributed by atoms with Crippen molar-refractivity contribution < 1.29 is 18.3 Å². The zero-order valence-corrected chi connectivity index (χ0v) is 16.2. The fraction of sp³-hybridized carbons (Fsp3) is 0.421. The van der Waals surface area contributed by atoms with Gasteiger partial charge >= 0.3 is 0 Å². The molecule has 7 heteroatoms. The topological polar surface area (TPSA) is 83.5 Å². The zero-order valence-electron chi connectivity index (χ0n) is 14.6. The normalized spacial score (nSPS) is 26.4. The van der Waals surface area contributed by atoms with Gasteiger partial charge in [-0.3, -0.25) is 4.79 Å². The Hall–Kier alpha value is -1.79. The average Bonchev–Trinajstić information content (AvgIpc) is 2.83. The van der Waals surface area contributed by atoms with Gasteiger partial charge in [0.25, 0.3) is 0 Å². The van der Waals surface area contributed by atoms with E-state index in [0.717, 1.165) is 18.5 Å². The molecule has 2 N–H and O–H groups in total. The molecule has 5 nitrogen and oxygen atoms in total. The van der Waals surface area contributed by atoms with Gasteiger partial charge < -0.3 is 10.4 Å². The van der Waals surface area contributed by atoms with Crippen LogP contribution in [0.5, 0.6) is 5.75 Å². The number of hydrogen-bond acceptors (Lipinski definition) is 5. The van der Waals surface area contributed by atoms with Crippen molar-refractivity contribution in [2.75, 3.05) is 0 Å². The van der Waals surface area contributed by atoms with Crippen LogP contribution in [0.4, 0.5) is 0 Å². The molecule has 1 atom stereocenters. The van der Waals surface area contributed by atoms with Crippen LogP contribution >= 0.6 is 11.6 Å². The molecule has 4 rings (SSSR count). The highest BCUT2D eigenvalue weighted by molar-refractivity contribution is 7.95. The van der Waals surface area contributed by atoms with Crippen LogP contribution in [0, 0.1) is 5.41 Å². The van der Waals surface area contributed by atoms with Gasteiger partial charge in [-0.1, -0.05) is 25.4 Å². The van der Waals surface area contributed by atoms with E-state index in [1.165, 1.54) is 18.2 Å². The van der Waals surface area contributed by atoms with E-state index in [-0.39, 0.29) is 29.3 Å². The largest absolute Gasteiger partial charge is 0.508 e. The third kappa shape index (κ3) is 2.50. The number of phenols is 1. The predicted molar refractivity (Wildman–Crippen MR) is 99.2 cm³/mol. The van der Waals surface area contributed by atoms with Crippen LogP contribution in [-0.4, -0.2) is 19.3 Å². The molecule has 1 aromatic carbocycles. The number of halogens is 1. The van der Waals surface area contributed by atoms with Crippen LogP contribution in [0.3, 0.4) is 0 Å². The summed E-state index contributed by atoms with van der Waals surface area (Å²) in [5.74, 6) is -0.0696. The van der Waals surface area contributed by atoms with Crippen molar-refractivity contribution in [2.24, 2.45) is 5.41 Å². The van der Waals surface area contributed by atoms with Crippen LogP contribution in [0.1, 0.15) is 50.3 Å². The van der Waals surface area contributed by atoms with Crippen LogP contribution in [-0.2, 0) is 14.6 Å². The number of nitrogens with one attached hydrogen (secondary N) is 1. The van der Waals surface area contributed by atoms with Gasteiger partial charge in [0.2, 0.25) is 0 Å². The summed E-state index contributed by atoms with van der Waals surface area (Å²) in [6.45, 7) is 3.80. The number of allylic oxidation sites excluding steroid dienone is 4. The minimum atomic E-state index is -3.68. The number of Topliss-reactive ketones (excluding diaryl/α,β-unsaturated/α-hetero) is 1. The van der Waals surface area contributed by atoms with Crippen molar-refractivity contribution in [3.8, 4) is 5.75 Å². The number of phenolic OH excluding ortho intramolecular Hbond substituents is 1. The van der Waals surface area contributed by atoms with Crippen LogP contribution < -0.4 is 5.32 Å². The SMILES string of the molecule is CC1(C)CCC2=C(CC3=C(CC(c4cc(Cl)ccc4O)S3(=O)=O)N2)C1=O. The second-order valence-electron chi connectivity index (χ2n) is 7.81. The molecular weight excluding hydrogens is 374 g/mol. The van der Waals surface area contributed by atoms with Gasteiger partial charge in [0.1, 0.15) is 5.75 Å². The van der Waals surface area contributed by atoms with E-state index in [1.807, 2.05) is 13.8 Å². The minimum Gasteiger partial charge on any atom is -0.508 e. The molecule has 0 fully saturated rings.